The maximum Gasteiger partial charge on any atom is 0.137 e. The molecule has 1 unspecified atom stereocenters. The molecule has 0 saturated carbocycles. The van der Waals surface area contributed by atoms with Gasteiger partial charge in [-0.15, -0.1) is 0 Å². The molecule has 94 valence electrons. The summed E-state index contributed by atoms with van der Waals surface area (Å²) in [5.41, 5.74) is 0.262. The first-order valence-corrected chi connectivity index (χ1v) is 6.31. The second-order valence-electron chi connectivity index (χ2n) is 4.90. The summed E-state index contributed by atoms with van der Waals surface area (Å²) in [6, 6.07) is 0. The molecular formula is C12H18ClN3O. The lowest BCUT2D eigenvalue weighted by Gasteiger charge is -2.22. The van der Waals surface area contributed by atoms with Crippen LogP contribution in [0.25, 0.3) is 0 Å². The molecule has 1 N–H and O–H groups in total. The zero-order chi connectivity index (χ0) is 12.6. The van der Waals surface area contributed by atoms with Crippen LogP contribution in [0, 0.1) is 6.92 Å². The van der Waals surface area contributed by atoms with Crippen molar-refractivity contribution in [3.05, 3.63) is 16.5 Å². The maximum atomic E-state index is 9.99. The highest BCUT2D eigenvalue weighted by Gasteiger charge is 2.33. The summed E-state index contributed by atoms with van der Waals surface area (Å²) in [5, 5.41) is 10.5. The Hall–Kier alpha value is -0.870. The van der Waals surface area contributed by atoms with Crippen molar-refractivity contribution in [3.8, 4) is 0 Å². The Bertz CT molecular complexity index is 434. The molecule has 1 saturated heterocycles. The van der Waals surface area contributed by atoms with Crippen molar-refractivity contribution in [1.29, 1.82) is 0 Å². The first kappa shape index (κ1) is 12.6. The van der Waals surface area contributed by atoms with Crippen LogP contribution in [0.15, 0.2) is 0 Å². The summed E-state index contributed by atoms with van der Waals surface area (Å²) in [6.45, 7) is 7.19. The standard InChI is InChI=1S/C12H18ClN3O/c1-4-9-14-10(13)8(2)11(15-9)16-6-5-12(3,17)7-16/h17H,4-7H2,1-3H3. The van der Waals surface area contributed by atoms with Gasteiger partial charge >= 0.3 is 0 Å². The number of halogens is 1. The lowest BCUT2D eigenvalue weighted by atomic mass is 10.1. The smallest absolute Gasteiger partial charge is 0.137 e. The van der Waals surface area contributed by atoms with Crippen LogP contribution in [0.4, 0.5) is 5.82 Å². The normalized spacial score (nSPS) is 24.4. The fourth-order valence-corrected chi connectivity index (χ4v) is 2.29. The minimum absolute atomic E-state index is 0.512. The predicted octanol–water partition coefficient (Wildman–Crippen LogP) is 1.96. The lowest BCUT2D eigenvalue weighted by Crippen LogP contribution is -2.30. The first-order valence-electron chi connectivity index (χ1n) is 5.93. The van der Waals surface area contributed by atoms with Gasteiger partial charge in [0.2, 0.25) is 0 Å². The fraction of sp³-hybridized carbons (Fsp3) is 0.667. The molecule has 2 heterocycles. The first-order chi connectivity index (χ1) is 7.93. The van der Waals surface area contributed by atoms with Gasteiger partial charge in [0, 0.05) is 25.1 Å². The van der Waals surface area contributed by atoms with Gasteiger partial charge in [0.25, 0.3) is 0 Å². The average molecular weight is 256 g/mol. The van der Waals surface area contributed by atoms with Gasteiger partial charge in [-0.3, -0.25) is 0 Å². The predicted molar refractivity (Wildman–Crippen MR) is 68.6 cm³/mol. The fourth-order valence-electron chi connectivity index (χ4n) is 2.11. The molecule has 0 amide bonds. The van der Waals surface area contributed by atoms with Crippen molar-refractivity contribution in [2.24, 2.45) is 0 Å². The number of aryl methyl sites for hydroxylation is 1. The van der Waals surface area contributed by atoms with Crippen LogP contribution in [0.2, 0.25) is 5.15 Å². The van der Waals surface area contributed by atoms with Gasteiger partial charge in [-0.2, -0.15) is 0 Å². The molecule has 1 fully saturated rings. The maximum absolute atomic E-state index is 9.99. The minimum atomic E-state index is -0.629. The molecule has 5 heteroatoms. The van der Waals surface area contributed by atoms with Crippen LogP contribution in [0.3, 0.4) is 0 Å². The highest BCUT2D eigenvalue weighted by atomic mass is 35.5. The van der Waals surface area contributed by atoms with E-state index in [0.717, 1.165) is 36.6 Å². The van der Waals surface area contributed by atoms with E-state index in [1.54, 1.807) is 0 Å². The number of rotatable bonds is 2. The molecule has 2 rings (SSSR count). The van der Waals surface area contributed by atoms with Crippen LogP contribution < -0.4 is 4.90 Å². The third kappa shape index (κ3) is 2.53. The molecule has 0 spiro atoms. The SMILES string of the molecule is CCc1nc(Cl)c(C)c(N2CCC(C)(O)C2)n1. The summed E-state index contributed by atoms with van der Waals surface area (Å²) < 4.78 is 0. The minimum Gasteiger partial charge on any atom is -0.388 e. The number of aliphatic hydroxyl groups is 1. The van der Waals surface area contributed by atoms with Gasteiger partial charge < -0.3 is 10.0 Å². The van der Waals surface area contributed by atoms with E-state index in [1.165, 1.54) is 0 Å². The van der Waals surface area contributed by atoms with Crippen LogP contribution in [-0.2, 0) is 6.42 Å². The molecule has 1 aromatic rings. The zero-order valence-corrected chi connectivity index (χ0v) is 11.3. The van der Waals surface area contributed by atoms with E-state index in [1.807, 2.05) is 20.8 Å². The van der Waals surface area contributed by atoms with E-state index in [4.69, 9.17) is 11.6 Å². The van der Waals surface area contributed by atoms with Gasteiger partial charge in [-0.25, -0.2) is 9.97 Å². The van der Waals surface area contributed by atoms with E-state index >= 15 is 0 Å². The van der Waals surface area contributed by atoms with E-state index in [9.17, 15) is 5.11 Å². The van der Waals surface area contributed by atoms with Crippen LogP contribution in [0.1, 0.15) is 31.7 Å². The Balaban J connectivity index is 2.35. The van der Waals surface area contributed by atoms with Crippen molar-refractivity contribution >= 4 is 17.4 Å². The lowest BCUT2D eigenvalue weighted by molar-refractivity contribution is 0.0839. The molecule has 0 aromatic carbocycles. The second-order valence-corrected chi connectivity index (χ2v) is 5.26. The van der Waals surface area contributed by atoms with E-state index in [-0.39, 0.29) is 0 Å². The highest BCUT2D eigenvalue weighted by Crippen LogP contribution is 2.29. The Labute approximate surface area is 107 Å². The van der Waals surface area contributed by atoms with Crippen molar-refractivity contribution in [2.75, 3.05) is 18.0 Å². The number of β-amino-alcohol motifs (C(OH)–C–C–N with tert-alkyl or cyclic N) is 1. The molecule has 1 aromatic heterocycles. The zero-order valence-electron chi connectivity index (χ0n) is 10.5. The Kier molecular flexibility index (Phi) is 3.27. The number of nitrogens with zero attached hydrogens (tertiary/aromatic N) is 3. The van der Waals surface area contributed by atoms with Crippen molar-refractivity contribution in [2.45, 2.75) is 39.2 Å². The molecule has 4 nitrogen and oxygen atoms in total. The van der Waals surface area contributed by atoms with Crippen LogP contribution >= 0.6 is 11.6 Å². The van der Waals surface area contributed by atoms with Gasteiger partial charge in [-0.05, 0) is 20.3 Å². The van der Waals surface area contributed by atoms with Crippen molar-refractivity contribution < 1.29 is 5.11 Å². The molecule has 0 aliphatic carbocycles. The third-order valence-electron chi connectivity index (χ3n) is 3.17. The van der Waals surface area contributed by atoms with Gasteiger partial charge in [0.05, 0.1) is 5.60 Å². The van der Waals surface area contributed by atoms with E-state index in [0.29, 0.717) is 11.7 Å². The second kappa shape index (κ2) is 4.42. The Morgan fingerprint density at radius 2 is 2.18 bits per heavy atom. The average Bonchev–Trinajstić information content (AvgIpc) is 2.62. The monoisotopic (exact) mass is 255 g/mol. The van der Waals surface area contributed by atoms with Crippen LogP contribution in [-0.4, -0.2) is 33.8 Å². The molecule has 1 aliphatic rings. The third-order valence-corrected chi connectivity index (χ3v) is 3.54. The van der Waals surface area contributed by atoms with Gasteiger partial charge in [-0.1, -0.05) is 18.5 Å². The van der Waals surface area contributed by atoms with Gasteiger partial charge in [0.1, 0.15) is 16.8 Å². The molecule has 1 atom stereocenters. The number of aromatic nitrogens is 2. The molecule has 0 bridgehead atoms. The molecule has 1 aliphatic heterocycles. The summed E-state index contributed by atoms with van der Waals surface area (Å²) >= 11 is 6.11. The van der Waals surface area contributed by atoms with Crippen LogP contribution in [0.5, 0.6) is 0 Å². The van der Waals surface area contributed by atoms with Crippen molar-refractivity contribution in [3.63, 3.8) is 0 Å². The quantitative estimate of drug-likeness (QED) is 0.821. The van der Waals surface area contributed by atoms with E-state index < -0.39 is 5.60 Å². The summed E-state index contributed by atoms with van der Waals surface area (Å²) in [4.78, 5) is 10.8. The number of anilines is 1. The number of hydrogen-bond acceptors (Lipinski definition) is 4. The van der Waals surface area contributed by atoms with E-state index in [2.05, 4.69) is 14.9 Å². The molecular weight excluding hydrogens is 238 g/mol. The number of hydrogen-bond donors (Lipinski definition) is 1. The Morgan fingerprint density at radius 1 is 1.47 bits per heavy atom. The van der Waals surface area contributed by atoms with Crippen molar-refractivity contribution in [1.82, 2.24) is 9.97 Å². The molecule has 0 radical (unpaired) electrons. The topological polar surface area (TPSA) is 49.2 Å². The summed E-state index contributed by atoms with van der Waals surface area (Å²) in [5.74, 6) is 1.61. The summed E-state index contributed by atoms with van der Waals surface area (Å²) in [7, 11) is 0. The summed E-state index contributed by atoms with van der Waals surface area (Å²) in [6.07, 6.45) is 1.52. The van der Waals surface area contributed by atoms with Gasteiger partial charge in [0.15, 0.2) is 0 Å². The highest BCUT2D eigenvalue weighted by molar-refractivity contribution is 6.30. The Morgan fingerprint density at radius 3 is 2.71 bits per heavy atom. The largest absolute Gasteiger partial charge is 0.388 e. The molecule has 17 heavy (non-hydrogen) atoms.